The summed E-state index contributed by atoms with van der Waals surface area (Å²) in [4.78, 5) is 4.68. The number of rotatable bonds is 5. The van der Waals surface area contributed by atoms with Crippen molar-refractivity contribution in [2.24, 2.45) is 0 Å². The highest BCUT2D eigenvalue weighted by Gasteiger charge is 2.15. The standard InChI is InChI=1S/C23H22FN3O/c1-4-17-9-11-19(12-10-17)27-23-22(16(3)26-27)15(2)13-21(25-23)28-14-18-7-5-6-8-20(18)24/h5-13H,4,14H2,1-3H3. The molecule has 4 aromatic rings. The fraction of sp³-hybridized carbons (Fsp3) is 0.217. The smallest absolute Gasteiger partial charge is 0.215 e. The van der Waals surface area contributed by atoms with Gasteiger partial charge in [-0.15, -0.1) is 0 Å². The van der Waals surface area contributed by atoms with Crippen LogP contribution in [0.1, 0.15) is 29.3 Å². The topological polar surface area (TPSA) is 39.9 Å². The SMILES string of the molecule is CCc1ccc(-n2nc(C)c3c(C)cc(OCc4ccccc4F)nc32)cc1. The minimum absolute atomic E-state index is 0.128. The normalized spacial score (nSPS) is 11.1. The molecule has 0 N–H and O–H groups in total. The number of aromatic nitrogens is 3. The lowest BCUT2D eigenvalue weighted by molar-refractivity contribution is 0.288. The van der Waals surface area contributed by atoms with E-state index in [-0.39, 0.29) is 12.4 Å². The lowest BCUT2D eigenvalue weighted by Crippen LogP contribution is -2.02. The van der Waals surface area contributed by atoms with Crippen LogP contribution >= 0.6 is 0 Å². The van der Waals surface area contributed by atoms with Gasteiger partial charge in [-0.25, -0.2) is 9.07 Å². The summed E-state index contributed by atoms with van der Waals surface area (Å²) in [6.07, 6.45) is 0.991. The minimum Gasteiger partial charge on any atom is -0.473 e. The second kappa shape index (κ2) is 7.43. The zero-order valence-corrected chi connectivity index (χ0v) is 16.2. The van der Waals surface area contributed by atoms with Gasteiger partial charge in [0.25, 0.3) is 0 Å². The molecule has 0 aliphatic carbocycles. The van der Waals surface area contributed by atoms with Crippen molar-refractivity contribution in [2.75, 3.05) is 0 Å². The lowest BCUT2D eigenvalue weighted by Gasteiger charge is -2.09. The van der Waals surface area contributed by atoms with E-state index in [1.165, 1.54) is 11.6 Å². The highest BCUT2D eigenvalue weighted by Crippen LogP contribution is 2.27. The van der Waals surface area contributed by atoms with Crippen LogP contribution in [0.3, 0.4) is 0 Å². The highest BCUT2D eigenvalue weighted by molar-refractivity contribution is 5.84. The number of halogens is 1. The first-order valence-corrected chi connectivity index (χ1v) is 9.39. The molecule has 5 heteroatoms. The molecule has 0 unspecified atom stereocenters. The number of hydrogen-bond donors (Lipinski definition) is 0. The predicted octanol–water partition coefficient (Wildman–Crippen LogP) is 5.32. The van der Waals surface area contributed by atoms with Gasteiger partial charge in [0, 0.05) is 17.0 Å². The van der Waals surface area contributed by atoms with Gasteiger partial charge in [-0.3, -0.25) is 0 Å². The second-order valence-corrected chi connectivity index (χ2v) is 6.87. The molecule has 0 fully saturated rings. The third kappa shape index (κ3) is 3.36. The maximum Gasteiger partial charge on any atom is 0.215 e. The number of aryl methyl sites for hydroxylation is 3. The molecule has 0 atom stereocenters. The summed E-state index contributed by atoms with van der Waals surface area (Å²) in [5, 5.41) is 5.70. The first kappa shape index (κ1) is 18.2. The molecule has 0 saturated heterocycles. The van der Waals surface area contributed by atoms with Crippen molar-refractivity contribution < 1.29 is 9.13 Å². The van der Waals surface area contributed by atoms with E-state index in [2.05, 4.69) is 41.3 Å². The Morgan fingerprint density at radius 2 is 1.79 bits per heavy atom. The van der Waals surface area contributed by atoms with Crippen molar-refractivity contribution in [3.05, 3.63) is 82.8 Å². The molecule has 0 radical (unpaired) electrons. The molecule has 0 bridgehead atoms. The number of benzene rings is 2. The van der Waals surface area contributed by atoms with Crippen LogP contribution in [0.4, 0.5) is 4.39 Å². The Balaban J connectivity index is 1.72. The Morgan fingerprint density at radius 1 is 1.04 bits per heavy atom. The van der Waals surface area contributed by atoms with Gasteiger partial charge in [-0.1, -0.05) is 37.3 Å². The van der Waals surface area contributed by atoms with Gasteiger partial charge in [0.1, 0.15) is 12.4 Å². The van der Waals surface area contributed by atoms with Crippen molar-refractivity contribution in [3.63, 3.8) is 0 Å². The van der Waals surface area contributed by atoms with Crippen LogP contribution in [0.2, 0.25) is 0 Å². The van der Waals surface area contributed by atoms with Gasteiger partial charge in [0.2, 0.25) is 5.88 Å². The van der Waals surface area contributed by atoms with Crippen LogP contribution in [0.15, 0.2) is 54.6 Å². The number of pyridine rings is 1. The second-order valence-electron chi connectivity index (χ2n) is 6.87. The number of fused-ring (bicyclic) bond motifs is 1. The van der Waals surface area contributed by atoms with Gasteiger partial charge < -0.3 is 4.74 Å². The van der Waals surface area contributed by atoms with Crippen molar-refractivity contribution in [1.82, 2.24) is 14.8 Å². The first-order chi connectivity index (χ1) is 13.6. The van der Waals surface area contributed by atoms with Crippen molar-refractivity contribution >= 4 is 11.0 Å². The quantitative estimate of drug-likeness (QED) is 0.474. The average molecular weight is 375 g/mol. The average Bonchev–Trinajstić information content (AvgIpc) is 3.04. The zero-order chi connectivity index (χ0) is 19.7. The summed E-state index contributed by atoms with van der Waals surface area (Å²) in [6.45, 7) is 6.25. The van der Waals surface area contributed by atoms with E-state index in [4.69, 9.17) is 4.74 Å². The summed E-state index contributed by atoms with van der Waals surface area (Å²) < 4.78 is 21.5. The summed E-state index contributed by atoms with van der Waals surface area (Å²) in [7, 11) is 0. The van der Waals surface area contributed by atoms with E-state index >= 15 is 0 Å². The molecular weight excluding hydrogens is 353 g/mol. The molecule has 2 heterocycles. The van der Waals surface area contributed by atoms with Gasteiger partial charge in [0.05, 0.1) is 11.4 Å². The fourth-order valence-electron chi connectivity index (χ4n) is 3.37. The van der Waals surface area contributed by atoms with Crippen molar-refractivity contribution in [3.8, 4) is 11.6 Å². The van der Waals surface area contributed by atoms with E-state index in [0.29, 0.717) is 11.4 Å². The number of nitrogens with zero attached hydrogens (tertiary/aromatic N) is 3. The van der Waals surface area contributed by atoms with Gasteiger partial charge in [0.15, 0.2) is 5.65 Å². The molecule has 4 nitrogen and oxygen atoms in total. The largest absolute Gasteiger partial charge is 0.473 e. The zero-order valence-electron chi connectivity index (χ0n) is 16.2. The van der Waals surface area contributed by atoms with E-state index in [1.807, 2.05) is 24.6 Å². The third-order valence-corrected chi connectivity index (χ3v) is 4.91. The van der Waals surface area contributed by atoms with Crippen LogP contribution in [-0.2, 0) is 13.0 Å². The van der Waals surface area contributed by atoms with Gasteiger partial charge in [-0.05, 0) is 49.6 Å². The highest BCUT2D eigenvalue weighted by atomic mass is 19.1. The molecule has 2 aromatic heterocycles. The molecular formula is C23H22FN3O. The summed E-state index contributed by atoms with van der Waals surface area (Å²) in [5.74, 6) is 0.178. The van der Waals surface area contributed by atoms with Crippen LogP contribution in [0.5, 0.6) is 5.88 Å². The van der Waals surface area contributed by atoms with Crippen LogP contribution in [0.25, 0.3) is 16.7 Å². The minimum atomic E-state index is -0.280. The molecule has 4 rings (SSSR count). The Hall–Kier alpha value is -3.21. The van der Waals surface area contributed by atoms with Crippen LogP contribution < -0.4 is 4.74 Å². The van der Waals surface area contributed by atoms with E-state index in [0.717, 1.165) is 34.4 Å². The van der Waals surface area contributed by atoms with E-state index < -0.39 is 0 Å². The summed E-state index contributed by atoms with van der Waals surface area (Å²) in [5.41, 5.74) is 5.42. The van der Waals surface area contributed by atoms with E-state index in [1.54, 1.807) is 18.2 Å². The summed E-state index contributed by atoms with van der Waals surface area (Å²) in [6, 6.07) is 16.8. The Labute approximate surface area is 163 Å². The predicted molar refractivity (Wildman–Crippen MR) is 108 cm³/mol. The maximum absolute atomic E-state index is 13.9. The summed E-state index contributed by atoms with van der Waals surface area (Å²) >= 11 is 0. The van der Waals surface area contributed by atoms with Crippen LogP contribution in [-0.4, -0.2) is 14.8 Å². The molecule has 0 saturated carbocycles. The van der Waals surface area contributed by atoms with Gasteiger partial charge >= 0.3 is 0 Å². The first-order valence-electron chi connectivity index (χ1n) is 9.39. The Kier molecular flexibility index (Phi) is 4.82. The molecule has 0 amide bonds. The lowest BCUT2D eigenvalue weighted by atomic mass is 10.1. The number of ether oxygens (including phenoxy) is 1. The monoisotopic (exact) mass is 375 g/mol. The molecule has 2 aromatic carbocycles. The van der Waals surface area contributed by atoms with Crippen molar-refractivity contribution in [1.29, 1.82) is 0 Å². The Morgan fingerprint density at radius 3 is 2.50 bits per heavy atom. The maximum atomic E-state index is 13.9. The molecule has 0 aliphatic rings. The van der Waals surface area contributed by atoms with E-state index in [9.17, 15) is 4.39 Å². The molecule has 0 spiro atoms. The van der Waals surface area contributed by atoms with Crippen LogP contribution in [0, 0.1) is 19.7 Å². The number of hydrogen-bond acceptors (Lipinski definition) is 3. The molecule has 0 aliphatic heterocycles. The molecule has 28 heavy (non-hydrogen) atoms. The van der Waals surface area contributed by atoms with Crippen molar-refractivity contribution in [2.45, 2.75) is 33.8 Å². The Bertz CT molecular complexity index is 1130. The van der Waals surface area contributed by atoms with Gasteiger partial charge in [-0.2, -0.15) is 10.1 Å². The third-order valence-electron chi connectivity index (χ3n) is 4.91. The fourth-order valence-corrected chi connectivity index (χ4v) is 3.37. The molecule has 142 valence electrons.